The van der Waals surface area contributed by atoms with Gasteiger partial charge in [0.15, 0.2) is 11.6 Å². The highest BCUT2D eigenvalue weighted by molar-refractivity contribution is 6.30. The van der Waals surface area contributed by atoms with Crippen molar-refractivity contribution in [2.24, 2.45) is 5.41 Å². The van der Waals surface area contributed by atoms with Gasteiger partial charge in [-0.15, -0.1) is 0 Å². The Bertz CT molecular complexity index is 1190. The average Bonchev–Trinajstić information content (AvgIpc) is 2.78. The van der Waals surface area contributed by atoms with Crippen LogP contribution < -0.4 is 5.32 Å². The minimum absolute atomic E-state index is 0.144. The molecule has 0 aliphatic heterocycles. The van der Waals surface area contributed by atoms with E-state index in [0.29, 0.717) is 16.8 Å². The van der Waals surface area contributed by atoms with Crippen molar-refractivity contribution in [3.05, 3.63) is 76.9 Å². The highest BCUT2D eigenvalue weighted by atomic mass is 16.5. The lowest BCUT2D eigenvalue weighted by Gasteiger charge is -2.33. The number of benzene rings is 2. The van der Waals surface area contributed by atoms with E-state index in [1.165, 1.54) is 6.92 Å². The van der Waals surface area contributed by atoms with Gasteiger partial charge in [-0.25, -0.2) is 4.79 Å². The van der Waals surface area contributed by atoms with Crippen molar-refractivity contribution in [2.45, 2.75) is 40.2 Å². The number of ketones is 2. The molecule has 1 atom stereocenters. The fourth-order valence-electron chi connectivity index (χ4n) is 3.48. The van der Waals surface area contributed by atoms with Crippen molar-refractivity contribution >= 4 is 29.2 Å². The lowest BCUT2D eigenvalue weighted by atomic mass is 9.83. The van der Waals surface area contributed by atoms with Crippen molar-refractivity contribution in [1.82, 2.24) is 0 Å². The summed E-state index contributed by atoms with van der Waals surface area (Å²) in [6.07, 6.45) is 0. The molecule has 0 amide bonds. The molecule has 3 rings (SSSR count). The Hall–Kier alpha value is -3.74. The zero-order valence-corrected chi connectivity index (χ0v) is 20.1. The Balaban J connectivity index is 1.97. The molecule has 7 heteroatoms. The van der Waals surface area contributed by atoms with Gasteiger partial charge >= 0.3 is 11.9 Å². The van der Waals surface area contributed by atoms with Crippen molar-refractivity contribution < 1.29 is 28.7 Å². The van der Waals surface area contributed by atoms with Crippen LogP contribution in [0.3, 0.4) is 0 Å². The van der Waals surface area contributed by atoms with Crippen LogP contribution in [-0.4, -0.2) is 42.3 Å². The molecule has 0 saturated carbocycles. The van der Waals surface area contributed by atoms with Gasteiger partial charge in [0.25, 0.3) is 0 Å². The number of fused-ring (bicyclic) bond motifs is 2. The minimum atomic E-state index is -1.10. The number of rotatable bonds is 7. The summed E-state index contributed by atoms with van der Waals surface area (Å²) in [6.45, 7) is 11.7. The first-order valence-electron chi connectivity index (χ1n) is 10.9. The zero-order chi connectivity index (χ0) is 25.3. The zero-order valence-electron chi connectivity index (χ0n) is 20.1. The molecule has 0 bridgehead atoms. The van der Waals surface area contributed by atoms with E-state index in [-0.39, 0.29) is 41.5 Å². The molecule has 178 valence electrons. The lowest BCUT2D eigenvalue weighted by Crippen LogP contribution is -2.47. The van der Waals surface area contributed by atoms with Gasteiger partial charge in [-0.3, -0.25) is 14.4 Å². The fourth-order valence-corrected chi connectivity index (χ4v) is 3.48. The Morgan fingerprint density at radius 3 is 2.00 bits per heavy atom. The number of hydrogen-bond acceptors (Lipinski definition) is 7. The van der Waals surface area contributed by atoms with Crippen LogP contribution in [0.4, 0.5) is 5.69 Å². The van der Waals surface area contributed by atoms with Crippen LogP contribution in [0.15, 0.2) is 54.6 Å². The molecule has 1 N–H and O–H groups in total. The molecular formula is C27H29NO6. The van der Waals surface area contributed by atoms with Crippen molar-refractivity contribution in [1.29, 1.82) is 0 Å². The monoisotopic (exact) mass is 463 g/mol. The van der Waals surface area contributed by atoms with Gasteiger partial charge < -0.3 is 14.8 Å². The maximum atomic E-state index is 13.3. The summed E-state index contributed by atoms with van der Waals surface area (Å²) in [5, 5.41) is 3.21. The number of carbonyl (C=O) groups is 4. The van der Waals surface area contributed by atoms with E-state index >= 15 is 0 Å². The highest BCUT2D eigenvalue weighted by Gasteiger charge is 2.36. The van der Waals surface area contributed by atoms with Gasteiger partial charge in [-0.05, 0) is 40.7 Å². The normalized spacial score (nSPS) is 14.4. The van der Waals surface area contributed by atoms with Crippen LogP contribution in [0.5, 0.6) is 0 Å². The Labute approximate surface area is 199 Å². The Morgan fingerprint density at radius 2 is 1.41 bits per heavy atom. The standard InChI is InChI=1S/C27H29NO6/c1-16(2)24(31)33-14-27(6,15-34-25(32)26(3,4)5)28-20-13-9-12-19-21(20)23(30)18-11-8-7-10-17(18)22(19)29/h7-13,28H,1,14-15H2,2-6H3. The summed E-state index contributed by atoms with van der Waals surface area (Å²) in [6, 6.07) is 11.6. The van der Waals surface area contributed by atoms with E-state index in [9.17, 15) is 19.2 Å². The summed E-state index contributed by atoms with van der Waals surface area (Å²) < 4.78 is 10.9. The molecule has 1 aliphatic rings. The molecule has 34 heavy (non-hydrogen) atoms. The summed E-state index contributed by atoms with van der Waals surface area (Å²) in [5.41, 5.74) is -0.0328. The molecule has 0 aromatic heterocycles. The van der Waals surface area contributed by atoms with Crippen LogP contribution in [0.25, 0.3) is 0 Å². The fraction of sp³-hybridized carbons (Fsp3) is 0.333. The molecule has 0 fully saturated rings. The highest BCUT2D eigenvalue weighted by Crippen LogP contribution is 2.33. The molecule has 0 heterocycles. The van der Waals surface area contributed by atoms with E-state index in [2.05, 4.69) is 11.9 Å². The van der Waals surface area contributed by atoms with Gasteiger partial charge in [-0.1, -0.05) is 43.0 Å². The first-order valence-corrected chi connectivity index (χ1v) is 10.9. The predicted molar refractivity (Wildman–Crippen MR) is 128 cm³/mol. The molecule has 0 radical (unpaired) electrons. The van der Waals surface area contributed by atoms with E-state index in [1.54, 1.807) is 70.2 Å². The van der Waals surface area contributed by atoms with Crippen molar-refractivity contribution in [2.75, 3.05) is 18.5 Å². The van der Waals surface area contributed by atoms with Gasteiger partial charge in [-0.2, -0.15) is 0 Å². The molecule has 0 spiro atoms. The average molecular weight is 464 g/mol. The molecule has 2 aromatic rings. The summed E-state index contributed by atoms with van der Waals surface area (Å²) >= 11 is 0. The topological polar surface area (TPSA) is 98.8 Å². The number of hydrogen-bond donors (Lipinski definition) is 1. The number of esters is 2. The van der Waals surface area contributed by atoms with Crippen molar-refractivity contribution in [3.8, 4) is 0 Å². The van der Waals surface area contributed by atoms with E-state index < -0.39 is 22.9 Å². The second-order valence-electron chi connectivity index (χ2n) is 9.80. The summed E-state index contributed by atoms with van der Waals surface area (Å²) in [5.74, 6) is -1.56. The Morgan fingerprint density at radius 1 is 0.853 bits per heavy atom. The van der Waals surface area contributed by atoms with Gasteiger partial charge in [0.05, 0.1) is 11.0 Å². The molecule has 0 saturated heterocycles. The number of anilines is 1. The van der Waals surface area contributed by atoms with Gasteiger partial charge in [0, 0.05) is 28.0 Å². The second-order valence-corrected chi connectivity index (χ2v) is 9.80. The van der Waals surface area contributed by atoms with E-state index in [4.69, 9.17) is 9.47 Å². The Kier molecular flexibility index (Phi) is 6.77. The quantitative estimate of drug-likeness (QED) is 0.411. The number of nitrogens with one attached hydrogen (secondary N) is 1. The van der Waals surface area contributed by atoms with E-state index in [1.807, 2.05) is 0 Å². The first-order chi connectivity index (χ1) is 15.8. The molecule has 1 aliphatic carbocycles. The van der Waals surface area contributed by atoms with Crippen LogP contribution >= 0.6 is 0 Å². The maximum absolute atomic E-state index is 13.3. The van der Waals surface area contributed by atoms with Crippen LogP contribution in [-0.2, 0) is 19.1 Å². The first kappa shape index (κ1) is 24.9. The molecule has 1 unspecified atom stereocenters. The largest absolute Gasteiger partial charge is 0.463 e. The molecule has 2 aromatic carbocycles. The SMILES string of the molecule is C=C(C)C(=O)OCC(C)(COC(=O)C(C)(C)C)Nc1cccc2c1C(=O)c1ccccc1C2=O. The summed E-state index contributed by atoms with van der Waals surface area (Å²) in [4.78, 5) is 50.8. The summed E-state index contributed by atoms with van der Waals surface area (Å²) in [7, 11) is 0. The van der Waals surface area contributed by atoms with Crippen LogP contribution in [0.2, 0.25) is 0 Å². The van der Waals surface area contributed by atoms with Crippen molar-refractivity contribution in [3.63, 3.8) is 0 Å². The molecular weight excluding hydrogens is 434 g/mol. The second kappa shape index (κ2) is 9.25. The third-order valence-electron chi connectivity index (χ3n) is 5.39. The van der Waals surface area contributed by atoms with Gasteiger partial charge in [0.1, 0.15) is 18.8 Å². The third-order valence-corrected chi connectivity index (χ3v) is 5.39. The smallest absolute Gasteiger partial charge is 0.333 e. The predicted octanol–water partition coefficient (Wildman–Crippen LogP) is 4.34. The van der Waals surface area contributed by atoms with Gasteiger partial charge in [0.2, 0.25) is 0 Å². The molecule has 7 nitrogen and oxygen atoms in total. The number of carbonyl (C=O) groups excluding carboxylic acids is 4. The maximum Gasteiger partial charge on any atom is 0.333 e. The minimum Gasteiger partial charge on any atom is -0.463 e. The van der Waals surface area contributed by atoms with Crippen LogP contribution in [0.1, 0.15) is 66.5 Å². The third kappa shape index (κ3) is 5.09. The van der Waals surface area contributed by atoms with E-state index in [0.717, 1.165) is 0 Å². The lowest BCUT2D eigenvalue weighted by molar-refractivity contribution is -0.155. The number of ether oxygens (including phenoxy) is 2. The van der Waals surface area contributed by atoms with Crippen LogP contribution in [0, 0.1) is 5.41 Å².